The Morgan fingerprint density at radius 3 is 2.26 bits per heavy atom. The molecule has 31 heavy (non-hydrogen) atoms. The quantitative estimate of drug-likeness (QED) is 0.462. The second kappa shape index (κ2) is 10.2. The van der Waals surface area contributed by atoms with Gasteiger partial charge in [-0.15, -0.1) is 0 Å². The first-order chi connectivity index (χ1) is 14.9. The molecule has 0 saturated carbocycles. The third-order valence-corrected chi connectivity index (χ3v) is 4.51. The van der Waals surface area contributed by atoms with E-state index in [-0.39, 0.29) is 11.9 Å². The van der Waals surface area contributed by atoms with Gasteiger partial charge >= 0.3 is 11.9 Å². The molecule has 0 aliphatic rings. The highest BCUT2D eigenvalue weighted by atomic mass is 16.5. The molecule has 0 fully saturated rings. The fraction of sp³-hybridized carbons (Fsp3) is 0.160. The maximum absolute atomic E-state index is 12.5. The summed E-state index contributed by atoms with van der Waals surface area (Å²) in [5.74, 6) is -0.892. The molecule has 6 heteroatoms. The van der Waals surface area contributed by atoms with Crippen LogP contribution in [0.4, 0.5) is 0 Å². The lowest BCUT2D eigenvalue weighted by molar-refractivity contribution is -0.132. The molecule has 0 heterocycles. The summed E-state index contributed by atoms with van der Waals surface area (Å²) in [6.45, 7) is 3.24. The van der Waals surface area contributed by atoms with Crippen LogP contribution in [0.5, 0.6) is 5.75 Å². The number of hydrogen-bond donors (Lipinski definition) is 1. The van der Waals surface area contributed by atoms with Crippen molar-refractivity contribution in [1.29, 1.82) is 0 Å². The molecule has 3 aromatic carbocycles. The zero-order valence-corrected chi connectivity index (χ0v) is 17.3. The summed E-state index contributed by atoms with van der Waals surface area (Å²) in [6.07, 6.45) is -0.928. The van der Waals surface area contributed by atoms with Crippen molar-refractivity contribution in [3.63, 3.8) is 0 Å². The van der Waals surface area contributed by atoms with E-state index in [0.717, 1.165) is 16.7 Å². The molecule has 3 rings (SSSR count). The van der Waals surface area contributed by atoms with Crippen molar-refractivity contribution in [1.82, 2.24) is 5.32 Å². The minimum Gasteiger partial charge on any atom is -0.449 e. The Morgan fingerprint density at radius 1 is 0.871 bits per heavy atom. The largest absolute Gasteiger partial charge is 0.449 e. The number of rotatable bonds is 7. The van der Waals surface area contributed by atoms with E-state index < -0.39 is 12.1 Å². The Morgan fingerprint density at radius 2 is 1.58 bits per heavy atom. The third-order valence-electron chi connectivity index (χ3n) is 4.51. The van der Waals surface area contributed by atoms with Crippen LogP contribution in [0.1, 0.15) is 29.8 Å². The number of benzene rings is 3. The Kier molecular flexibility index (Phi) is 7.17. The summed E-state index contributed by atoms with van der Waals surface area (Å²) in [5.41, 5.74) is 2.94. The van der Waals surface area contributed by atoms with Gasteiger partial charge in [-0.05, 0) is 47.9 Å². The monoisotopic (exact) mass is 417 g/mol. The van der Waals surface area contributed by atoms with Crippen LogP contribution < -0.4 is 10.1 Å². The van der Waals surface area contributed by atoms with Gasteiger partial charge in [-0.1, -0.05) is 54.6 Å². The van der Waals surface area contributed by atoms with E-state index in [1.807, 2.05) is 36.4 Å². The lowest BCUT2D eigenvalue weighted by Gasteiger charge is -2.14. The highest BCUT2D eigenvalue weighted by molar-refractivity contribution is 5.93. The van der Waals surface area contributed by atoms with Crippen molar-refractivity contribution in [3.8, 4) is 16.9 Å². The van der Waals surface area contributed by atoms with Gasteiger partial charge in [0.15, 0.2) is 6.10 Å². The molecule has 0 aromatic heterocycles. The summed E-state index contributed by atoms with van der Waals surface area (Å²) >= 11 is 0. The predicted molar refractivity (Wildman–Crippen MR) is 116 cm³/mol. The molecule has 0 unspecified atom stereocenters. The molecule has 1 N–H and O–H groups in total. The van der Waals surface area contributed by atoms with Gasteiger partial charge in [0.05, 0.1) is 5.56 Å². The first kappa shape index (κ1) is 21.8. The summed E-state index contributed by atoms with van der Waals surface area (Å²) in [7, 11) is 0. The minimum atomic E-state index is -0.928. The average molecular weight is 417 g/mol. The van der Waals surface area contributed by atoms with Crippen LogP contribution in [0, 0.1) is 0 Å². The normalized spacial score (nSPS) is 11.3. The van der Waals surface area contributed by atoms with Gasteiger partial charge in [-0.2, -0.15) is 0 Å². The zero-order valence-electron chi connectivity index (χ0n) is 17.3. The van der Waals surface area contributed by atoms with Gasteiger partial charge in [0.1, 0.15) is 5.75 Å². The molecular formula is C25H23NO5. The predicted octanol–water partition coefficient (Wildman–Crippen LogP) is 4.14. The SMILES string of the molecule is CC(=O)Oc1ccc(-c2cccc(C(=O)O[C@H](C)C(=O)NCc3ccccc3)c2)cc1. The van der Waals surface area contributed by atoms with E-state index in [2.05, 4.69) is 5.32 Å². The molecule has 0 aliphatic carbocycles. The summed E-state index contributed by atoms with van der Waals surface area (Å²) in [6, 6.07) is 23.4. The molecule has 158 valence electrons. The van der Waals surface area contributed by atoms with Gasteiger partial charge in [-0.3, -0.25) is 9.59 Å². The Hall–Kier alpha value is -3.93. The number of esters is 2. The van der Waals surface area contributed by atoms with Crippen molar-refractivity contribution >= 4 is 17.8 Å². The van der Waals surface area contributed by atoms with Crippen LogP contribution >= 0.6 is 0 Å². The third kappa shape index (κ3) is 6.27. The van der Waals surface area contributed by atoms with Crippen LogP contribution in [0.25, 0.3) is 11.1 Å². The fourth-order valence-corrected chi connectivity index (χ4v) is 2.92. The first-order valence-corrected chi connectivity index (χ1v) is 9.84. The molecule has 3 aromatic rings. The second-order valence-corrected chi connectivity index (χ2v) is 6.95. The number of amides is 1. The van der Waals surface area contributed by atoms with E-state index in [0.29, 0.717) is 17.9 Å². The number of carbonyl (C=O) groups is 3. The van der Waals surface area contributed by atoms with Gasteiger partial charge in [0.25, 0.3) is 5.91 Å². The van der Waals surface area contributed by atoms with Crippen molar-refractivity contribution in [2.45, 2.75) is 26.5 Å². The van der Waals surface area contributed by atoms with E-state index in [9.17, 15) is 14.4 Å². The van der Waals surface area contributed by atoms with Crippen LogP contribution in [0.3, 0.4) is 0 Å². The van der Waals surface area contributed by atoms with Gasteiger partial charge in [0, 0.05) is 13.5 Å². The van der Waals surface area contributed by atoms with Crippen molar-refractivity contribution in [3.05, 3.63) is 90.0 Å². The van der Waals surface area contributed by atoms with E-state index in [4.69, 9.17) is 9.47 Å². The molecule has 1 amide bonds. The number of hydrogen-bond acceptors (Lipinski definition) is 5. The maximum atomic E-state index is 12.5. The highest BCUT2D eigenvalue weighted by Crippen LogP contribution is 2.24. The maximum Gasteiger partial charge on any atom is 0.338 e. The second-order valence-electron chi connectivity index (χ2n) is 6.95. The lowest BCUT2D eigenvalue weighted by Crippen LogP contribution is -2.35. The molecule has 0 radical (unpaired) electrons. The van der Waals surface area contributed by atoms with Crippen LogP contribution in [0.15, 0.2) is 78.9 Å². The first-order valence-electron chi connectivity index (χ1n) is 9.84. The van der Waals surface area contributed by atoms with Gasteiger partial charge in [-0.25, -0.2) is 4.79 Å². The Bertz CT molecular complexity index is 1060. The smallest absolute Gasteiger partial charge is 0.338 e. The Labute approximate surface area is 180 Å². The average Bonchev–Trinajstić information content (AvgIpc) is 2.78. The van der Waals surface area contributed by atoms with Crippen molar-refractivity contribution in [2.75, 3.05) is 0 Å². The van der Waals surface area contributed by atoms with Gasteiger partial charge < -0.3 is 14.8 Å². The molecule has 1 atom stereocenters. The van der Waals surface area contributed by atoms with Crippen LogP contribution in [0.2, 0.25) is 0 Å². The summed E-state index contributed by atoms with van der Waals surface area (Å²) in [4.78, 5) is 35.8. The highest BCUT2D eigenvalue weighted by Gasteiger charge is 2.19. The van der Waals surface area contributed by atoms with E-state index >= 15 is 0 Å². The lowest BCUT2D eigenvalue weighted by atomic mass is 10.0. The molecule has 0 bridgehead atoms. The molecular weight excluding hydrogens is 394 g/mol. The Balaban J connectivity index is 1.61. The molecule has 0 aliphatic heterocycles. The number of ether oxygens (including phenoxy) is 2. The van der Waals surface area contributed by atoms with E-state index in [1.54, 1.807) is 42.5 Å². The number of carbonyl (C=O) groups excluding carboxylic acids is 3. The molecule has 0 saturated heterocycles. The topological polar surface area (TPSA) is 81.7 Å². The standard InChI is InChI=1S/C25H23NO5/c1-17(24(28)26-16-19-7-4-3-5-8-19)30-25(29)22-10-6-9-21(15-22)20-11-13-23(14-12-20)31-18(2)27/h3-15,17H,16H2,1-2H3,(H,26,28)/t17-/m1/s1. The van der Waals surface area contributed by atoms with E-state index in [1.165, 1.54) is 13.8 Å². The summed E-state index contributed by atoms with van der Waals surface area (Å²) in [5, 5.41) is 2.76. The number of nitrogens with one attached hydrogen (secondary N) is 1. The van der Waals surface area contributed by atoms with Crippen LogP contribution in [-0.2, 0) is 20.9 Å². The zero-order chi connectivity index (χ0) is 22.2. The fourth-order valence-electron chi connectivity index (χ4n) is 2.92. The van der Waals surface area contributed by atoms with Crippen molar-refractivity contribution < 1.29 is 23.9 Å². The molecule has 0 spiro atoms. The minimum absolute atomic E-state index is 0.337. The molecule has 6 nitrogen and oxygen atoms in total. The van der Waals surface area contributed by atoms with Crippen LogP contribution in [-0.4, -0.2) is 23.9 Å². The van der Waals surface area contributed by atoms with Gasteiger partial charge in [0.2, 0.25) is 0 Å². The van der Waals surface area contributed by atoms with Crippen molar-refractivity contribution in [2.24, 2.45) is 0 Å². The summed E-state index contributed by atoms with van der Waals surface area (Å²) < 4.78 is 10.4.